The average Bonchev–Trinajstić information content (AvgIpc) is 2.53. The quantitative estimate of drug-likeness (QED) is 0.474. The van der Waals surface area contributed by atoms with Crippen molar-refractivity contribution in [1.29, 1.82) is 0 Å². The summed E-state index contributed by atoms with van der Waals surface area (Å²) in [6, 6.07) is 5.04. The molecule has 0 spiro atoms. The molecule has 0 saturated heterocycles. The SMILES string of the molecule is CC(=O)OCc1cc(C)cc(F)c1F.Cc1cc(F)c(F)c(CO)c1.[Na+].[OH-]. The molecule has 0 aliphatic rings. The second-order valence-electron chi connectivity index (χ2n) is 5.38. The van der Waals surface area contributed by atoms with Crippen molar-refractivity contribution in [3.63, 3.8) is 0 Å². The molecule has 0 atom stereocenters. The van der Waals surface area contributed by atoms with E-state index >= 15 is 0 Å². The Balaban J connectivity index is 0. The molecule has 0 bridgehead atoms. The van der Waals surface area contributed by atoms with Crippen LogP contribution in [0.25, 0.3) is 0 Å². The van der Waals surface area contributed by atoms with Gasteiger partial charge in [-0.2, -0.15) is 0 Å². The van der Waals surface area contributed by atoms with Gasteiger partial charge in [0.25, 0.3) is 0 Å². The summed E-state index contributed by atoms with van der Waals surface area (Å²) >= 11 is 0. The Morgan fingerprint density at radius 2 is 1.33 bits per heavy atom. The fraction of sp³-hybridized carbons (Fsp3) is 0.278. The molecule has 0 heterocycles. The van der Waals surface area contributed by atoms with E-state index in [4.69, 9.17) is 5.11 Å². The minimum absolute atomic E-state index is 0. The van der Waals surface area contributed by atoms with E-state index in [1.54, 1.807) is 13.8 Å². The van der Waals surface area contributed by atoms with Gasteiger partial charge in [-0.25, -0.2) is 17.6 Å². The van der Waals surface area contributed by atoms with E-state index in [1.165, 1.54) is 19.1 Å². The summed E-state index contributed by atoms with van der Waals surface area (Å²) in [5.41, 5.74) is 1.25. The molecule has 0 aliphatic heterocycles. The van der Waals surface area contributed by atoms with E-state index in [9.17, 15) is 22.4 Å². The molecule has 4 nitrogen and oxygen atoms in total. The molecule has 0 aromatic heterocycles. The van der Waals surface area contributed by atoms with Gasteiger partial charge in [-0.15, -0.1) is 0 Å². The standard InChI is InChI=1S/C10H10F2O2.C8H8F2O.Na.H2O/c1-6-3-8(5-14-7(2)13)10(12)9(11)4-6;1-5-2-6(4-11)8(10)7(9)3-5;;/h3-4H,5H2,1-2H3;2-3,11H,4H2,1H3;;1H2/q;;+1;/p-1. The van der Waals surface area contributed by atoms with Gasteiger partial charge in [0.2, 0.25) is 0 Å². The van der Waals surface area contributed by atoms with Crippen molar-refractivity contribution in [2.75, 3.05) is 0 Å². The molecule has 2 rings (SSSR count). The van der Waals surface area contributed by atoms with Crippen LogP contribution in [0, 0.1) is 37.1 Å². The van der Waals surface area contributed by atoms with Crippen LogP contribution in [-0.4, -0.2) is 16.6 Å². The van der Waals surface area contributed by atoms with Gasteiger partial charge in [0, 0.05) is 18.1 Å². The third-order valence-electron chi connectivity index (χ3n) is 3.10. The number of aliphatic hydroxyl groups excluding tert-OH is 1. The number of hydrogen-bond acceptors (Lipinski definition) is 4. The van der Waals surface area contributed by atoms with Crippen LogP contribution in [0.1, 0.15) is 29.2 Å². The van der Waals surface area contributed by atoms with Crippen LogP contribution >= 0.6 is 0 Å². The number of halogens is 4. The summed E-state index contributed by atoms with van der Waals surface area (Å²) in [5, 5.41) is 8.56. The molecule has 0 fully saturated rings. The van der Waals surface area contributed by atoms with Gasteiger partial charge in [0.15, 0.2) is 23.3 Å². The number of aryl methyl sites for hydroxylation is 2. The van der Waals surface area contributed by atoms with E-state index in [-0.39, 0.29) is 52.8 Å². The smallest absolute Gasteiger partial charge is 0.870 e. The average molecular weight is 398 g/mol. The zero-order chi connectivity index (χ0) is 19.1. The third kappa shape index (κ3) is 8.85. The zero-order valence-electron chi connectivity index (χ0n) is 15.4. The van der Waals surface area contributed by atoms with Crippen molar-refractivity contribution in [3.05, 3.63) is 69.8 Å². The molecular formula is C18H19F4NaO4. The van der Waals surface area contributed by atoms with Crippen molar-refractivity contribution in [2.24, 2.45) is 0 Å². The molecule has 2 aromatic carbocycles. The molecule has 144 valence electrons. The third-order valence-corrected chi connectivity index (χ3v) is 3.10. The van der Waals surface area contributed by atoms with Gasteiger partial charge < -0.3 is 15.3 Å². The number of benzene rings is 2. The maximum absolute atomic E-state index is 13.1. The molecule has 2 N–H and O–H groups in total. The fourth-order valence-corrected chi connectivity index (χ4v) is 1.99. The summed E-state index contributed by atoms with van der Waals surface area (Å²) < 4.78 is 55.7. The first kappa shape index (κ1) is 27.8. The van der Waals surface area contributed by atoms with Gasteiger partial charge in [-0.05, 0) is 43.2 Å². The molecular weight excluding hydrogens is 379 g/mol. The summed E-state index contributed by atoms with van der Waals surface area (Å²) in [5.74, 6) is -4.28. The molecule has 0 radical (unpaired) electrons. The van der Waals surface area contributed by atoms with E-state index in [0.29, 0.717) is 11.1 Å². The van der Waals surface area contributed by atoms with Crippen molar-refractivity contribution in [3.8, 4) is 0 Å². The number of carbonyl (C=O) groups is 1. The molecule has 9 heteroatoms. The van der Waals surface area contributed by atoms with Crippen molar-refractivity contribution in [2.45, 2.75) is 34.0 Å². The van der Waals surface area contributed by atoms with Crippen LogP contribution in [0.2, 0.25) is 0 Å². The normalized spacial score (nSPS) is 9.33. The number of rotatable bonds is 3. The van der Waals surface area contributed by atoms with E-state index in [2.05, 4.69) is 4.74 Å². The minimum Gasteiger partial charge on any atom is -0.870 e. The fourth-order valence-electron chi connectivity index (χ4n) is 1.99. The van der Waals surface area contributed by atoms with Gasteiger partial charge in [0.1, 0.15) is 6.61 Å². The Bertz CT molecular complexity index is 770. The van der Waals surface area contributed by atoms with Crippen LogP contribution in [0.3, 0.4) is 0 Å². The number of hydrogen-bond donors (Lipinski definition) is 1. The Hall–Kier alpha value is -1.45. The van der Waals surface area contributed by atoms with Crippen LogP contribution in [0.4, 0.5) is 17.6 Å². The second-order valence-corrected chi connectivity index (χ2v) is 5.38. The van der Waals surface area contributed by atoms with E-state index < -0.39 is 35.8 Å². The predicted molar refractivity (Wildman–Crippen MR) is 85.5 cm³/mol. The largest absolute Gasteiger partial charge is 1.00 e. The summed E-state index contributed by atoms with van der Waals surface area (Å²) in [4.78, 5) is 10.5. The summed E-state index contributed by atoms with van der Waals surface area (Å²) in [6.45, 7) is 3.79. The maximum atomic E-state index is 13.1. The second kappa shape index (κ2) is 12.9. The van der Waals surface area contributed by atoms with Crippen LogP contribution in [-0.2, 0) is 22.7 Å². The predicted octanol–water partition coefficient (Wildman–Crippen LogP) is 0.929. The molecule has 0 saturated carbocycles. The molecule has 0 aliphatic carbocycles. The number of esters is 1. The van der Waals surface area contributed by atoms with Crippen LogP contribution < -0.4 is 29.6 Å². The molecule has 27 heavy (non-hydrogen) atoms. The first-order chi connectivity index (χ1) is 11.6. The van der Waals surface area contributed by atoms with Gasteiger partial charge in [0.05, 0.1) is 6.61 Å². The van der Waals surface area contributed by atoms with Crippen LogP contribution in [0.15, 0.2) is 24.3 Å². The monoisotopic (exact) mass is 398 g/mol. The van der Waals surface area contributed by atoms with Crippen molar-refractivity contribution in [1.82, 2.24) is 0 Å². The van der Waals surface area contributed by atoms with Gasteiger partial charge >= 0.3 is 35.5 Å². The number of aliphatic hydroxyl groups is 1. The summed E-state index contributed by atoms with van der Waals surface area (Å²) in [6.07, 6.45) is 0. The molecule has 2 aromatic rings. The van der Waals surface area contributed by atoms with Gasteiger partial charge in [-0.1, -0.05) is 6.07 Å². The molecule has 0 amide bonds. The van der Waals surface area contributed by atoms with E-state index in [1.807, 2.05) is 0 Å². The Labute approximate surface area is 176 Å². The first-order valence-corrected chi connectivity index (χ1v) is 7.29. The van der Waals surface area contributed by atoms with Gasteiger partial charge in [-0.3, -0.25) is 4.79 Å². The topological polar surface area (TPSA) is 76.5 Å². The van der Waals surface area contributed by atoms with Crippen molar-refractivity contribution >= 4 is 5.97 Å². The minimum atomic E-state index is -0.961. The zero-order valence-corrected chi connectivity index (χ0v) is 17.4. The maximum Gasteiger partial charge on any atom is 1.00 e. The Morgan fingerprint density at radius 1 is 0.926 bits per heavy atom. The van der Waals surface area contributed by atoms with Crippen LogP contribution in [0.5, 0.6) is 0 Å². The Kier molecular flexibility index (Phi) is 13.2. The number of carbonyl (C=O) groups excluding carboxylic acids is 1. The van der Waals surface area contributed by atoms with Crippen molar-refractivity contribution < 1.29 is 67.2 Å². The molecule has 0 unspecified atom stereocenters. The van der Waals surface area contributed by atoms with E-state index in [0.717, 1.165) is 12.1 Å². The number of ether oxygens (including phenoxy) is 1. The Morgan fingerprint density at radius 3 is 1.74 bits per heavy atom. The summed E-state index contributed by atoms with van der Waals surface area (Å²) in [7, 11) is 0. The first-order valence-electron chi connectivity index (χ1n) is 7.29.